The van der Waals surface area contributed by atoms with Crippen molar-refractivity contribution < 1.29 is 0 Å². The molecule has 17 heavy (non-hydrogen) atoms. The first-order valence-electron chi connectivity index (χ1n) is 6.04. The lowest BCUT2D eigenvalue weighted by molar-refractivity contribution is 0.490. The van der Waals surface area contributed by atoms with E-state index >= 15 is 0 Å². The smallest absolute Gasteiger partial charge is 0.160 e. The van der Waals surface area contributed by atoms with Crippen molar-refractivity contribution in [2.45, 2.75) is 33.2 Å². The van der Waals surface area contributed by atoms with Crippen LogP contribution in [-0.4, -0.2) is 21.3 Å². The minimum Gasteiger partial charge on any atom is -0.396 e. The summed E-state index contributed by atoms with van der Waals surface area (Å²) in [6.07, 6.45) is 4.56. The molecule has 0 bridgehead atoms. The molecule has 2 heterocycles. The van der Waals surface area contributed by atoms with Crippen molar-refractivity contribution in [1.29, 1.82) is 0 Å². The monoisotopic (exact) mass is 233 g/mol. The molecule has 5 heteroatoms. The molecule has 0 aromatic carbocycles. The fourth-order valence-corrected chi connectivity index (χ4v) is 1.88. The molecule has 92 valence electrons. The van der Waals surface area contributed by atoms with E-state index in [2.05, 4.69) is 29.2 Å². The van der Waals surface area contributed by atoms with Gasteiger partial charge in [0.1, 0.15) is 0 Å². The van der Waals surface area contributed by atoms with Crippen molar-refractivity contribution in [3.05, 3.63) is 12.4 Å². The zero-order chi connectivity index (χ0) is 12.4. The van der Waals surface area contributed by atoms with Crippen molar-refractivity contribution in [1.82, 2.24) is 14.8 Å². The van der Waals surface area contributed by atoms with Gasteiger partial charge in [-0.25, -0.2) is 9.67 Å². The number of nitrogen functional groups attached to an aromatic ring is 1. The van der Waals surface area contributed by atoms with Crippen LogP contribution >= 0.6 is 0 Å². The molecule has 0 saturated carbocycles. The molecule has 0 aliphatic heterocycles. The maximum absolute atomic E-state index is 5.93. The molecule has 0 saturated heterocycles. The predicted octanol–water partition coefficient (Wildman–Crippen LogP) is 2.42. The van der Waals surface area contributed by atoms with E-state index in [0.29, 0.717) is 11.7 Å². The molecule has 3 N–H and O–H groups in total. The van der Waals surface area contributed by atoms with Gasteiger partial charge in [-0.2, -0.15) is 5.10 Å². The van der Waals surface area contributed by atoms with Crippen molar-refractivity contribution >= 4 is 22.4 Å². The van der Waals surface area contributed by atoms with Crippen molar-refractivity contribution in [2.75, 3.05) is 17.6 Å². The lowest BCUT2D eigenvalue weighted by atomic mass is 10.2. The van der Waals surface area contributed by atoms with Crippen LogP contribution in [0.25, 0.3) is 11.0 Å². The largest absolute Gasteiger partial charge is 0.396 e. The molecule has 2 rings (SSSR count). The Morgan fingerprint density at radius 3 is 2.82 bits per heavy atom. The summed E-state index contributed by atoms with van der Waals surface area (Å²) in [5.74, 6) is 0. The van der Waals surface area contributed by atoms with Crippen LogP contribution in [0.4, 0.5) is 11.4 Å². The first kappa shape index (κ1) is 11.7. The van der Waals surface area contributed by atoms with Gasteiger partial charge < -0.3 is 11.1 Å². The molecule has 0 spiro atoms. The predicted molar refractivity (Wildman–Crippen MR) is 71.1 cm³/mol. The Balaban J connectivity index is 2.60. The topological polar surface area (TPSA) is 68.8 Å². The summed E-state index contributed by atoms with van der Waals surface area (Å²) in [5, 5.41) is 8.67. The third-order valence-electron chi connectivity index (χ3n) is 3.01. The molecule has 2 aromatic heterocycles. The number of rotatable bonds is 4. The molecule has 0 aliphatic carbocycles. The maximum atomic E-state index is 5.93. The lowest BCUT2D eigenvalue weighted by Gasteiger charge is -2.11. The third kappa shape index (κ3) is 1.92. The standard InChI is InChI=1S/C12H19N5/c1-4-8(3)17-12-9(6-16-17)11(14-5-2)10(13)7-15-12/h6-8H,4-5,13H2,1-3H3,(H,14,15)/t8-/m0/s1. The molecule has 0 unspecified atom stereocenters. The molecular formula is C12H19N5. The van der Waals surface area contributed by atoms with Gasteiger partial charge in [0.25, 0.3) is 0 Å². The van der Waals surface area contributed by atoms with Gasteiger partial charge in [-0.05, 0) is 20.3 Å². The van der Waals surface area contributed by atoms with Gasteiger partial charge in [0.15, 0.2) is 5.65 Å². The first-order chi connectivity index (χ1) is 8.19. The number of hydrogen-bond donors (Lipinski definition) is 2. The Labute approximate surface area is 101 Å². The van der Waals surface area contributed by atoms with E-state index in [4.69, 9.17) is 5.73 Å². The highest BCUT2D eigenvalue weighted by Gasteiger charge is 2.13. The zero-order valence-electron chi connectivity index (χ0n) is 10.6. The van der Waals surface area contributed by atoms with Crippen LogP contribution in [-0.2, 0) is 0 Å². The van der Waals surface area contributed by atoms with Crippen LogP contribution in [0.1, 0.15) is 33.2 Å². The zero-order valence-corrected chi connectivity index (χ0v) is 10.6. The van der Waals surface area contributed by atoms with Crippen LogP contribution in [0.3, 0.4) is 0 Å². The Hall–Kier alpha value is -1.78. The summed E-state index contributed by atoms with van der Waals surface area (Å²) >= 11 is 0. The summed E-state index contributed by atoms with van der Waals surface area (Å²) in [6.45, 7) is 7.15. The number of aromatic nitrogens is 3. The van der Waals surface area contributed by atoms with Gasteiger partial charge in [0.2, 0.25) is 0 Å². The van der Waals surface area contributed by atoms with Crippen LogP contribution in [0.2, 0.25) is 0 Å². The van der Waals surface area contributed by atoms with Crippen LogP contribution in [0.15, 0.2) is 12.4 Å². The lowest BCUT2D eigenvalue weighted by Crippen LogP contribution is -2.07. The van der Waals surface area contributed by atoms with E-state index in [1.54, 1.807) is 6.20 Å². The molecule has 0 amide bonds. The fraction of sp³-hybridized carbons (Fsp3) is 0.500. The normalized spacial score (nSPS) is 12.9. The number of nitrogens with two attached hydrogens (primary N) is 1. The molecule has 2 aromatic rings. The minimum atomic E-state index is 0.345. The van der Waals surface area contributed by atoms with Crippen LogP contribution in [0, 0.1) is 0 Å². The SMILES string of the molecule is CCNc1c(N)cnc2c1cnn2[C@@H](C)CC. The highest BCUT2D eigenvalue weighted by atomic mass is 15.3. The van der Waals surface area contributed by atoms with Gasteiger partial charge in [0, 0.05) is 6.54 Å². The second kappa shape index (κ2) is 4.61. The Bertz CT molecular complexity index is 517. The molecule has 0 aliphatic rings. The quantitative estimate of drug-likeness (QED) is 0.851. The van der Waals surface area contributed by atoms with E-state index < -0.39 is 0 Å². The van der Waals surface area contributed by atoms with E-state index in [1.165, 1.54) is 0 Å². The molecule has 1 atom stereocenters. The van der Waals surface area contributed by atoms with Gasteiger partial charge >= 0.3 is 0 Å². The molecule has 5 nitrogen and oxygen atoms in total. The van der Waals surface area contributed by atoms with Crippen molar-refractivity contribution in [3.63, 3.8) is 0 Å². The maximum Gasteiger partial charge on any atom is 0.160 e. The van der Waals surface area contributed by atoms with E-state index in [-0.39, 0.29) is 0 Å². The Morgan fingerprint density at radius 1 is 1.41 bits per heavy atom. The second-order valence-corrected chi connectivity index (χ2v) is 4.20. The Morgan fingerprint density at radius 2 is 2.18 bits per heavy atom. The number of nitrogens with zero attached hydrogens (tertiary/aromatic N) is 3. The van der Waals surface area contributed by atoms with Gasteiger partial charge in [0.05, 0.1) is 35.2 Å². The van der Waals surface area contributed by atoms with Gasteiger partial charge in [-0.1, -0.05) is 6.92 Å². The number of anilines is 2. The summed E-state index contributed by atoms with van der Waals surface area (Å²) in [5.41, 5.74) is 8.43. The van der Waals surface area contributed by atoms with Crippen LogP contribution < -0.4 is 11.1 Å². The summed E-state index contributed by atoms with van der Waals surface area (Å²) in [4.78, 5) is 4.39. The average molecular weight is 233 g/mol. The molecular weight excluding hydrogens is 214 g/mol. The third-order valence-corrected chi connectivity index (χ3v) is 3.01. The summed E-state index contributed by atoms with van der Waals surface area (Å²) < 4.78 is 1.95. The van der Waals surface area contributed by atoms with E-state index in [1.807, 2.05) is 17.8 Å². The number of nitrogens with one attached hydrogen (secondary N) is 1. The minimum absolute atomic E-state index is 0.345. The highest BCUT2D eigenvalue weighted by molar-refractivity contribution is 5.95. The van der Waals surface area contributed by atoms with E-state index in [0.717, 1.165) is 29.7 Å². The Kier molecular flexibility index (Phi) is 3.17. The summed E-state index contributed by atoms with van der Waals surface area (Å²) in [7, 11) is 0. The van der Waals surface area contributed by atoms with Crippen molar-refractivity contribution in [3.8, 4) is 0 Å². The van der Waals surface area contributed by atoms with Gasteiger partial charge in [-0.3, -0.25) is 0 Å². The number of pyridine rings is 1. The number of hydrogen-bond acceptors (Lipinski definition) is 4. The molecule has 0 radical (unpaired) electrons. The van der Waals surface area contributed by atoms with E-state index in [9.17, 15) is 0 Å². The fourth-order valence-electron chi connectivity index (χ4n) is 1.88. The second-order valence-electron chi connectivity index (χ2n) is 4.20. The number of fused-ring (bicyclic) bond motifs is 1. The first-order valence-corrected chi connectivity index (χ1v) is 6.04. The van der Waals surface area contributed by atoms with Gasteiger partial charge in [-0.15, -0.1) is 0 Å². The van der Waals surface area contributed by atoms with Crippen LogP contribution in [0.5, 0.6) is 0 Å². The highest BCUT2D eigenvalue weighted by Crippen LogP contribution is 2.29. The summed E-state index contributed by atoms with van der Waals surface area (Å²) in [6, 6.07) is 0.345. The van der Waals surface area contributed by atoms with Crippen molar-refractivity contribution in [2.24, 2.45) is 0 Å². The molecule has 0 fully saturated rings. The average Bonchev–Trinajstić information content (AvgIpc) is 2.76.